The van der Waals surface area contributed by atoms with Crippen molar-refractivity contribution < 1.29 is 0 Å². The van der Waals surface area contributed by atoms with Crippen LogP contribution in [0.5, 0.6) is 0 Å². The van der Waals surface area contributed by atoms with Crippen molar-refractivity contribution in [2.24, 2.45) is 11.7 Å². The maximum Gasteiger partial charge on any atom is 0.0375 e. The lowest BCUT2D eigenvalue weighted by Gasteiger charge is -2.17. The summed E-state index contributed by atoms with van der Waals surface area (Å²) < 4.78 is 0. The monoisotopic (exact) mass is 304 g/mol. The second-order valence-electron chi connectivity index (χ2n) is 6.66. The van der Waals surface area contributed by atoms with Crippen LogP contribution in [-0.4, -0.2) is 13.1 Å². The Labute approximate surface area is 137 Å². The molecule has 0 aliphatic rings. The Kier molecular flexibility index (Phi) is 9.98. The van der Waals surface area contributed by atoms with Gasteiger partial charge in [0.05, 0.1) is 0 Å². The molecule has 0 bridgehead atoms. The highest BCUT2D eigenvalue weighted by Crippen LogP contribution is 2.24. The van der Waals surface area contributed by atoms with Gasteiger partial charge in [-0.2, -0.15) is 0 Å². The molecule has 2 heteroatoms. The van der Waals surface area contributed by atoms with E-state index in [9.17, 15) is 0 Å². The topological polar surface area (TPSA) is 38.0 Å². The third-order valence-corrected chi connectivity index (χ3v) is 4.61. The smallest absolute Gasteiger partial charge is 0.0375 e. The molecule has 22 heavy (non-hydrogen) atoms. The van der Waals surface area contributed by atoms with E-state index in [0.717, 1.165) is 19.0 Å². The molecular formula is C20H36N2. The molecule has 2 nitrogen and oxygen atoms in total. The summed E-state index contributed by atoms with van der Waals surface area (Å²) >= 11 is 0. The number of nitrogens with two attached hydrogens (primary N) is 1. The molecule has 0 heterocycles. The van der Waals surface area contributed by atoms with Crippen LogP contribution in [-0.2, 0) is 6.42 Å². The van der Waals surface area contributed by atoms with Gasteiger partial charge in [-0.05, 0) is 55.8 Å². The molecule has 0 aliphatic heterocycles. The summed E-state index contributed by atoms with van der Waals surface area (Å²) in [4.78, 5) is 0. The van der Waals surface area contributed by atoms with Crippen LogP contribution in [0.15, 0.2) is 18.2 Å². The summed E-state index contributed by atoms with van der Waals surface area (Å²) in [5.41, 5.74) is 9.80. The van der Waals surface area contributed by atoms with Gasteiger partial charge >= 0.3 is 0 Å². The summed E-state index contributed by atoms with van der Waals surface area (Å²) in [6, 6.07) is 6.65. The van der Waals surface area contributed by atoms with E-state index in [1.165, 1.54) is 68.2 Å². The highest BCUT2D eigenvalue weighted by Gasteiger charge is 2.08. The molecule has 0 aliphatic carbocycles. The first kappa shape index (κ1) is 19.0. The number of rotatable bonds is 12. The van der Waals surface area contributed by atoms with Crippen molar-refractivity contribution in [2.45, 2.75) is 72.1 Å². The fourth-order valence-corrected chi connectivity index (χ4v) is 2.83. The second-order valence-corrected chi connectivity index (χ2v) is 6.66. The number of hydrogen-bond donors (Lipinski definition) is 2. The number of benzene rings is 1. The minimum atomic E-state index is 0.754. The van der Waals surface area contributed by atoms with Crippen molar-refractivity contribution >= 4 is 5.69 Å². The zero-order valence-electron chi connectivity index (χ0n) is 15.0. The Hall–Kier alpha value is -1.02. The average Bonchev–Trinajstić information content (AvgIpc) is 2.52. The number of aryl methyl sites for hydroxylation is 1. The lowest BCUT2D eigenvalue weighted by atomic mass is 9.94. The molecule has 126 valence electrons. The van der Waals surface area contributed by atoms with Crippen molar-refractivity contribution in [1.82, 2.24) is 0 Å². The van der Waals surface area contributed by atoms with Crippen LogP contribution >= 0.6 is 0 Å². The average molecular weight is 305 g/mol. The maximum absolute atomic E-state index is 5.52. The Balaban J connectivity index is 2.34. The van der Waals surface area contributed by atoms with Gasteiger partial charge in [-0.1, -0.05) is 58.1 Å². The normalized spacial score (nSPS) is 12.4. The molecule has 1 unspecified atom stereocenters. The van der Waals surface area contributed by atoms with Crippen LogP contribution in [0.1, 0.15) is 69.9 Å². The first-order chi connectivity index (χ1) is 10.7. The Morgan fingerprint density at radius 3 is 2.41 bits per heavy atom. The van der Waals surface area contributed by atoms with Gasteiger partial charge in [-0.15, -0.1) is 0 Å². The summed E-state index contributed by atoms with van der Waals surface area (Å²) in [6.07, 6.45) is 10.2. The molecule has 0 fully saturated rings. The van der Waals surface area contributed by atoms with Crippen molar-refractivity contribution in [3.8, 4) is 0 Å². The van der Waals surface area contributed by atoms with Crippen molar-refractivity contribution in [3.63, 3.8) is 0 Å². The van der Waals surface area contributed by atoms with E-state index in [2.05, 4.69) is 44.3 Å². The molecule has 0 radical (unpaired) electrons. The Morgan fingerprint density at radius 1 is 1.05 bits per heavy atom. The van der Waals surface area contributed by atoms with Crippen molar-refractivity contribution in [1.29, 1.82) is 0 Å². The lowest BCUT2D eigenvalue weighted by Crippen LogP contribution is -2.08. The summed E-state index contributed by atoms with van der Waals surface area (Å²) in [7, 11) is 0. The van der Waals surface area contributed by atoms with Gasteiger partial charge in [0.15, 0.2) is 0 Å². The van der Waals surface area contributed by atoms with Crippen LogP contribution in [0, 0.1) is 12.8 Å². The van der Waals surface area contributed by atoms with E-state index >= 15 is 0 Å². The Morgan fingerprint density at radius 2 is 1.73 bits per heavy atom. The molecule has 0 amide bonds. The van der Waals surface area contributed by atoms with Crippen LogP contribution in [0.3, 0.4) is 0 Å². The number of hydrogen-bond acceptors (Lipinski definition) is 2. The minimum Gasteiger partial charge on any atom is -0.385 e. The molecule has 3 N–H and O–H groups in total. The van der Waals surface area contributed by atoms with E-state index in [-0.39, 0.29) is 0 Å². The minimum absolute atomic E-state index is 0.754. The van der Waals surface area contributed by atoms with Crippen molar-refractivity contribution in [2.75, 3.05) is 18.4 Å². The van der Waals surface area contributed by atoms with E-state index < -0.39 is 0 Å². The van der Waals surface area contributed by atoms with Crippen LogP contribution in [0.25, 0.3) is 0 Å². The van der Waals surface area contributed by atoms with E-state index in [4.69, 9.17) is 5.73 Å². The predicted octanol–water partition coefficient (Wildman–Crippen LogP) is 5.29. The molecule has 1 atom stereocenters. The number of nitrogens with one attached hydrogen (secondary N) is 1. The number of anilines is 1. The van der Waals surface area contributed by atoms with Crippen LogP contribution in [0.4, 0.5) is 5.69 Å². The largest absolute Gasteiger partial charge is 0.385 e. The van der Waals surface area contributed by atoms with Gasteiger partial charge in [0.2, 0.25) is 0 Å². The third kappa shape index (κ3) is 7.31. The molecule has 0 saturated heterocycles. The van der Waals surface area contributed by atoms with Gasteiger partial charge in [0.25, 0.3) is 0 Å². The van der Waals surface area contributed by atoms with E-state index in [0.29, 0.717) is 0 Å². The second kappa shape index (κ2) is 11.5. The molecule has 1 rings (SSSR count). The van der Waals surface area contributed by atoms with Gasteiger partial charge in [0, 0.05) is 12.2 Å². The molecule has 0 aromatic heterocycles. The first-order valence-corrected chi connectivity index (χ1v) is 9.21. The lowest BCUT2D eigenvalue weighted by molar-refractivity contribution is 0.559. The fraction of sp³-hybridized carbons (Fsp3) is 0.700. The van der Waals surface area contributed by atoms with E-state index in [1.54, 1.807) is 0 Å². The molecule has 1 aromatic carbocycles. The quantitative estimate of drug-likeness (QED) is 0.515. The molecular weight excluding hydrogens is 268 g/mol. The molecule has 0 saturated carbocycles. The third-order valence-electron chi connectivity index (χ3n) is 4.61. The highest BCUT2D eigenvalue weighted by atomic mass is 14.9. The Bertz CT molecular complexity index is 401. The highest BCUT2D eigenvalue weighted by molar-refractivity contribution is 5.54. The summed E-state index contributed by atoms with van der Waals surface area (Å²) in [5.74, 6) is 0.754. The summed E-state index contributed by atoms with van der Waals surface area (Å²) in [6.45, 7) is 8.79. The first-order valence-electron chi connectivity index (χ1n) is 9.21. The summed E-state index contributed by atoms with van der Waals surface area (Å²) in [5, 5.41) is 3.67. The van der Waals surface area contributed by atoms with Gasteiger partial charge < -0.3 is 11.1 Å². The zero-order chi connectivity index (χ0) is 16.2. The molecule has 1 aromatic rings. The van der Waals surface area contributed by atoms with E-state index in [1.807, 2.05) is 0 Å². The van der Waals surface area contributed by atoms with Crippen molar-refractivity contribution in [3.05, 3.63) is 29.3 Å². The van der Waals surface area contributed by atoms with Gasteiger partial charge in [-0.25, -0.2) is 0 Å². The van der Waals surface area contributed by atoms with Gasteiger partial charge in [-0.3, -0.25) is 0 Å². The zero-order valence-corrected chi connectivity index (χ0v) is 15.0. The SMILES string of the molecule is CCC(C)Cc1c(C)cccc1NCCCCCCCCN. The predicted molar refractivity (Wildman–Crippen MR) is 99.6 cm³/mol. The maximum atomic E-state index is 5.52. The van der Waals surface area contributed by atoms with Crippen LogP contribution < -0.4 is 11.1 Å². The standard InChI is InChI=1S/C20H36N2/c1-4-17(2)16-19-18(3)12-11-13-20(19)22-15-10-8-6-5-7-9-14-21/h11-13,17,22H,4-10,14-16,21H2,1-3H3. The molecule has 0 spiro atoms. The fourth-order valence-electron chi connectivity index (χ4n) is 2.83. The van der Waals surface area contributed by atoms with Crippen LogP contribution in [0.2, 0.25) is 0 Å². The number of unbranched alkanes of at least 4 members (excludes halogenated alkanes) is 5. The van der Waals surface area contributed by atoms with Gasteiger partial charge in [0.1, 0.15) is 0 Å².